The summed E-state index contributed by atoms with van der Waals surface area (Å²) in [5, 5.41) is 0. The van der Waals surface area contributed by atoms with Crippen LogP contribution in [0.3, 0.4) is 0 Å². The maximum Gasteiger partial charge on any atom is 0.282 e. The predicted molar refractivity (Wildman–Crippen MR) is 133 cm³/mol. The first kappa shape index (κ1) is 21.2. The molecule has 0 saturated heterocycles. The van der Waals surface area contributed by atoms with Gasteiger partial charge in [-0.2, -0.15) is 0 Å². The van der Waals surface area contributed by atoms with E-state index in [-0.39, 0.29) is 11.8 Å². The van der Waals surface area contributed by atoms with Gasteiger partial charge < -0.3 is 4.90 Å². The van der Waals surface area contributed by atoms with Crippen LogP contribution in [0, 0.1) is 13.8 Å². The molecule has 4 nitrogen and oxygen atoms in total. The van der Waals surface area contributed by atoms with Gasteiger partial charge in [0.2, 0.25) is 0 Å². The number of hydrogen-bond donors (Lipinski definition) is 0. The molecular weight excluding hydrogens is 408 g/mol. The van der Waals surface area contributed by atoms with Crippen LogP contribution in [0.25, 0.3) is 5.57 Å². The number of hydrogen-bond acceptors (Lipinski definition) is 3. The topological polar surface area (TPSA) is 40.6 Å². The molecule has 3 aromatic rings. The summed E-state index contributed by atoms with van der Waals surface area (Å²) >= 11 is 0. The van der Waals surface area contributed by atoms with E-state index in [0.29, 0.717) is 23.5 Å². The minimum atomic E-state index is -0.255. The number of carbonyl (C=O) groups excluding carboxylic acids is 2. The summed E-state index contributed by atoms with van der Waals surface area (Å²) in [6.07, 6.45) is 2.82. The molecule has 0 atom stereocenters. The fourth-order valence-corrected chi connectivity index (χ4v) is 4.99. The molecule has 0 aliphatic carbocycles. The summed E-state index contributed by atoms with van der Waals surface area (Å²) in [7, 11) is 0. The van der Waals surface area contributed by atoms with E-state index in [0.717, 1.165) is 41.6 Å². The van der Waals surface area contributed by atoms with Crippen LogP contribution in [0.1, 0.15) is 41.2 Å². The van der Waals surface area contributed by atoms with Gasteiger partial charge >= 0.3 is 0 Å². The van der Waals surface area contributed by atoms with Crippen LogP contribution in [0.5, 0.6) is 0 Å². The molecule has 2 aliphatic rings. The Bertz CT molecular complexity index is 1290. The van der Waals surface area contributed by atoms with E-state index >= 15 is 0 Å². The number of imide groups is 1. The second-order valence-corrected chi connectivity index (χ2v) is 8.89. The monoisotopic (exact) mass is 436 g/mol. The molecule has 0 aromatic heterocycles. The van der Waals surface area contributed by atoms with Crippen molar-refractivity contribution in [1.82, 2.24) is 0 Å². The molecular formula is C29H28N2O2. The molecule has 0 fully saturated rings. The zero-order valence-electron chi connectivity index (χ0n) is 19.4. The van der Waals surface area contributed by atoms with Gasteiger partial charge in [-0.3, -0.25) is 9.59 Å². The number of amides is 2. The highest BCUT2D eigenvalue weighted by Gasteiger charge is 2.43. The average Bonchev–Trinajstić information content (AvgIpc) is 3.08. The lowest BCUT2D eigenvalue weighted by Crippen LogP contribution is -2.37. The standard InChI is InChI=1S/C29H28N2O2/c1-4-21-12-14-23(15-13-21)31-28(32)26(24-16-11-19(2)18-20(24)3)27(29(31)33)30-17-7-9-22-8-5-6-10-25(22)30/h5-6,8,10-16,18H,4,7,9,17H2,1-3H3. The Kier molecular flexibility index (Phi) is 5.37. The summed E-state index contributed by atoms with van der Waals surface area (Å²) in [6.45, 7) is 6.85. The van der Waals surface area contributed by atoms with E-state index in [4.69, 9.17) is 0 Å². The summed E-state index contributed by atoms with van der Waals surface area (Å²) < 4.78 is 0. The highest BCUT2D eigenvalue weighted by atomic mass is 16.2. The van der Waals surface area contributed by atoms with Gasteiger partial charge in [-0.1, -0.05) is 61.0 Å². The van der Waals surface area contributed by atoms with Crippen LogP contribution < -0.4 is 9.80 Å². The van der Waals surface area contributed by atoms with E-state index in [1.54, 1.807) is 0 Å². The Morgan fingerprint density at radius 1 is 0.879 bits per heavy atom. The van der Waals surface area contributed by atoms with Gasteiger partial charge in [-0.25, -0.2) is 4.90 Å². The van der Waals surface area contributed by atoms with Crippen molar-refractivity contribution < 1.29 is 9.59 Å². The number of rotatable bonds is 4. The van der Waals surface area contributed by atoms with Crippen molar-refractivity contribution in [3.8, 4) is 0 Å². The fourth-order valence-electron chi connectivity index (χ4n) is 4.99. The molecule has 3 aromatic carbocycles. The van der Waals surface area contributed by atoms with Crippen molar-refractivity contribution >= 4 is 28.8 Å². The average molecular weight is 437 g/mol. The first-order chi connectivity index (χ1) is 16.0. The van der Waals surface area contributed by atoms with Crippen LogP contribution in [-0.2, 0) is 22.4 Å². The van der Waals surface area contributed by atoms with E-state index in [1.165, 1.54) is 16.0 Å². The van der Waals surface area contributed by atoms with Crippen molar-refractivity contribution in [2.24, 2.45) is 0 Å². The summed E-state index contributed by atoms with van der Waals surface area (Å²) in [5.41, 5.74) is 7.95. The van der Waals surface area contributed by atoms with Crippen LogP contribution >= 0.6 is 0 Å². The fraction of sp³-hybridized carbons (Fsp3) is 0.241. The second kappa shape index (κ2) is 8.36. The Balaban J connectivity index is 1.70. The van der Waals surface area contributed by atoms with Crippen molar-refractivity contribution in [2.75, 3.05) is 16.3 Å². The number of para-hydroxylation sites is 1. The molecule has 33 heavy (non-hydrogen) atoms. The molecule has 2 amide bonds. The normalized spacial score (nSPS) is 16.0. The predicted octanol–water partition coefficient (Wildman–Crippen LogP) is 5.60. The molecule has 166 valence electrons. The van der Waals surface area contributed by atoms with Gasteiger partial charge in [0.15, 0.2) is 0 Å². The largest absolute Gasteiger partial charge is 0.336 e. The molecule has 0 radical (unpaired) electrons. The SMILES string of the molecule is CCc1ccc(N2C(=O)C(c3ccc(C)cc3C)=C(N3CCCc4ccccc43)C2=O)cc1. The smallest absolute Gasteiger partial charge is 0.282 e. The maximum atomic E-state index is 13.9. The van der Waals surface area contributed by atoms with Gasteiger partial charge in [-0.05, 0) is 73.6 Å². The molecule has 2 aliphatic heterocycles. The molecule has 0 N–H and O–H groups in total. The van der Waals surface area contributed by atoms with Gasteiger partial charge in [0.05, 0.1) is 11.3 Å². The minimum absolute atomic E-state index is 0.254. The quantitative estimate of drug-likeness (QED) is 0.500. The van der Waals surface area contributed by atoms with Gasteiger partial charge in [-0.15, -0.1) is 0 Å². The molecule has 0 saturated carbocycles. The number of nitrogens with zero attached hydrogens (tertiary/aromatic N) is 2. The highest BCUT2D eigenvalue weighted by Crippen LogP contribution is 2.40. The molecule has 0 unspecified atom stereocenters. The number of carbonyl (C=O) groups is 2. The summed E-state index contributed by atoms with van der Waals surface area (Å²) in [4.78, 5) is 31.3. The molecule has 4 heteroatoms. The molecule has 2 heterocycles. The van der Waals surface area contributed by atoms with Crippen LogP contribution in [0.2, 0.25) is 0 Å². The maximum absolute atomic E-state index is 13.9. The lowest BCUT2D eigenvalue weighted by molar-refractivity contribution is -0.120. The number of anilines is 2. The van der Waals surface area contributed by atoms with E-state index < -0.39 is 0 Å². The first-order valence-corrected chi connectivity index (χ1v) is 11.6. The zero-order chi connectivity index (χ0) is 23.1. The van der Waals surface area contributed by atoms with Gasteiger partial charge in [0.1, 0.15) is 5.70 Å². The third-order valence-electron chi connectivity index (χ3n) is 6.69. The third-order valence-corrected chi connectivity index (χ3v) is 6.69. The van der Waals surface area contributed by atoms with Gasteiger partial charge in [0.25, 0.3) is 11.8 Å². The van der Waals surface area contributed by atoms with Crippen molar-refractivity contribution in [2.45, 2.75) is 40.0 Å². The Morgan fingerprint density at radius 3 is 2.36 bits per heavy atom. The lowest BCUT2D eigenvalue weighted by atomic mass is 9.95. The van der Waals surface area contributed by atoms with Crippen molar-refractivity contribution in [3.63, 3.8) is 0 Å². The minimum Gasteiger partial charge on any atom is -0.336 e. The van der Waals surface area contributed by atoms with Crippen LogP contribution in [-0.4, -0.2) is 18.4 Å². The van der Waals surface area contributed by atoms with E-state index in [2.05, 4.69) is 30.0 Å². The number of benzene rings is 3. The van der Waals surface area contributed by atoms with Crippen molar-refractivity contribution in [1.29, 1.82) is 0 Å². The van der Waals surface area contributed by atoms with E-state index in [9.17, 15) is 9.59 Å². The number of fused-ring (bicyclic) bond motifs is 1. The van der Waals surface area contributed by atoms with Crippen molar-refractivity contribution in [3.05, 3.63) is 100 Å². The van der Waals surface area contributed by atoms with Crippen LogP contribution in [0.4, 0.5) is 11.4 Å². The first-order valence-electron chi connectivity index (χ1n) is 11.6. The van der Waals surface area contributed by atoms with E-state index in [1.807, 2.05) is 62.4 Å². The summed E-state index contributed by atoms with van der Waals surface area (Å²) in [6, 6.07) is 22.0. The zero-order valence-corrected chi connectivity index (χ0v) is 19.4. The Labute approximate surface area is 195 Å². The second-order valence-electron chi connectivity index (χ2n) is 8.89. The van der Waals surface area contributed by atoms with Gasteiger partial charge in [0, 0.05) is 12.2 Å². The summed E-state index contributed by atoms with van der Waals surface area (Å²) in [5.74, 6) is -0.509. The lowest BCUT2D eigenvalue weighted by Gasteiger charge is -2.32. The Hall–Kier alpha value is -3.66. The molecule has 0 bridgehead atoms. The number of aryl methyl sites for hydroxylation is 4. The Morgan fingerprint density at radius 2 is 1.64 bits per heavy atom. The highest BCUT2D eigenvalue weighted by molar-refractivity contribution is 6.46. The third kappa shape index (κ3) is 3.56. The molecule has 0 spiro atoms. The molecule has 5 rings (SSSR count). The van der Waals surface area contributed by atoms with Crippen LogP contribution in [0.15, 0.2) is 72.4 Å².